The molecule has 1 aliphatic rings. The van der Waals surface area contributed by atoms with Gasteiger partial charge in [-0.2, -0.15) is 10.4 Å². The highest BCUT2D eigenvalue weighted by atomic mass is 32.1. The molecular formula is C20H18N4O2S. The second kappa shape index (κ2) is 7.33. The Labute approximate surface area is 160 Å². The largest absolute Gasteiger partial charge is 0.315 e. The van der Waals surface area contributed by atoms with Gasteiger partial charge in [-0.1, -0.05) is 24.6 Å². The smallest absolute Gasteiger partial charge is 0.275 e. The number of rotatable bonds is 3. The summed E-state index contributed by atoms with van der Waals surface area (Å²) in [7, 11) is 0. The summed E-state index contributed by atoms with van der Waals surface area (Å²) in [4.78, 5) is 26.2. The minimum Gasteiger partial charge on any atom is -0.315 e. The van der Waals surface area contributed by atoms with Gasteiger partial charge in [-0.05, 0) is 37.3 Å². The average Bonchev–Trinajstić information content (AvgIpc) is 2.83. The number of fused-ring (bicyclic) bond motifs is 2. The predicted molar refractivity (Wildman–Crippen MR) is 105 cm³/mol. The Morgan fingerprint density at radius 1 is 1.26 bits per heavy atom. The number of hydrogen-bond acceptors (Lipinski definition) is 5. The summed E-state index contributed by atoms with van der Waals surface area (Å²) < 4.78 is 1.16. The highest BCUT2D eigenvalue weighted by molar-refractivity contribution is 7.16. The van der Waals surface area contributed by atoms with E-state index < -0.39 is 0 Å². The molecule has 0 atom stereocenters. The molecule has 0 unspecified atom stereocenters. The number of carbonyl (C=O) groups is 1. The molecule has 1 amide bonds. The van der Waals surface area contributed by atoms with Crippen molar-refractivity contribution in [2.45, 2.75) is 38.6 Å². The lowest BCUT2D eigenvalue weighted by atomic mass is 10.1. The third kappa shape index (κ3) is 3.36. The normalized spacial score (nSPS) is 13.6. The van der Waals surface area contributed by atoms with Crippen LogP contribution in [-0.4, -0.2) is 15.7 Å². The van der Waals surface area contributed by atoms with Gasteiger partial charge in [-0.3, -0.25) is 9.59 Å². The summed E-state index contributed by atoms with van der Waals surface area (Å²) in [5.41, 5.74) is 1.35. The maximum atomic E-state index is 12.5. The van der Waals surface area contributed by atoms with E-state index in [0.29, 0.717) is 16.0 Å². The van der Waals surface area contributed by atoms with Crippen LogP contribution in [-0.2, 0) is 24.2 Å². The maximum absolute atomic E-state index is 12.5. The molecule has 6 nitrogen and oxygen atoms in total. The van der Waals surface area contributed by atoms with Crippen LogP contribution in [0.5, 0.6) is 0 Å². The summed E-state index contributed by atoms with van der Waals surface area (Å²) in [6.45, 7) is -0.183. The Kier molecular flexibility index (Phi) is 4.73. The lowest BCUT2D eigenvalue weighted by Gasteiger charge is -2.07. The van der Waals surface area contributed by atoms with Crippen molar-refractivity contribution in [1.29, 1.82) is 5.26 Å². The standard InChI is InChI=1S/C20H18N4O2S/c21-10-16-15-8-2-1-3-9-17(15)27-19(16)23-18(25)12-24-20(26)14-7-5-4-6-13(14)11-22-24/h4-7,11H,1-3,8-9,12H2,(H,23,25). The van der Waals surface area contributed by atoms with Crippen LogP contribution >= 0.6 is 11.3 Å². The molecule has 136 valence electrons. The van der Waals surface area contributed by atoms with Gasteiger partial charge < -0.3 is 5.32 Å². The van der Waals surface area contributed by atoms with E-state index in [0.717, 1.165) is 41.3 Å². The van der Waals surface area contributed by atoms with Crippen LogP contribution in [0.2, 0.25) is 0 Å². The second-order valence-corrected chi connectivity index (χ2v) is 7.73. The van der Waals surface area contributed by atoms with Gasteiger partial charge in [-0.15, -0.1) is 11.3 Å². The third-order valence-electron chi connectivity index (χ3n) is 4.84. The Hall–Kier alpha value is -2.98. The molecule has 0 radical (unpaired) electrons. The fourth-order valence-corrected chi connectivity index (χ4v) is 4.75. The average molecular weight is 378 g/mol. The molecule has 4 rings (SSSR count). The topological polar surface area (TPSA) is 87.8 Å². The quantitative estimate of drug-likeness (QED) is 0.709. The highest BCUT2D eigenvalue weighted by Crippen LogP contribution is 2.36. The zero-order valence-electron chi connectivity index (χ0n) is 14.7. The van der Waals surface area contributed by atoms with Gasteiger partial charge in [0.15, 0.2) is 0 Å². The molecule has 1 N–H and O–H groups in total. The van der Waals surface area contributed by atoms with Gasteiger partial charge in [0.1, 0.15) is 17.6 Å². The first-order chi connectivity index (χ1) is 13.2. The number of aryl methyl sites for hydroxylation is 1. The van der Waals surface area contributed by atoms with E-state index >= 15 is 0 Å². The molecule has 2 heterocycles. The number of amides is 1. The van der Waals surface area contributed by atoms with E-state index in [2.05, 4.69) is 16.5 Å². The van der Waals surface area contributed by atoms with E-state index in [1.54, 1.807) is 18.3 Å². The first kappa shape index (κ1) is 17.4. The minimum absolute atomic E-state index is 0.183. The Balaban J connectivity index is 1.58. The number of nitrogens with one attached hydrogen (secondary N) is 1. The van der Waals surface area contributed by atoms with Gasteiger partial charge in [-0.25, -0.2) is 4.68 Å². The van der Waals surface area contributed by atoms with Crippen molar-refractivity contribution in [3.63, 3.8) is 0 Å². The van der Waals surface area contributed by atoms with Crippen molar-refractivity contribution in [3.05, 3.63) is 56.8 Å². The van der Waals surface area contributed by atoms with Crippen molar-refractivity contribution in [2.24, 2.45) is 0 Å². The van der Waals surface area contributed by atoms with E-state index in [-0.39, 0.29) is 18.0 Å². The third-order valence-corrected chi connectivity index (χ3v) is 6.05. The van der Waals surface area contributed by atoms with Gasteiger partial charge in [0.25, 0.3) is 5.56 Å². The first-order valence-corrected chi connectivity index (χ1v) is 9.78. The summed E-state index contributed by atoms with van der Waals surface area (Å²) in [5.74, 6) is -0.354. The summed E-state index contributed by atoms with van der Waals surface area (Å²) in [6, 6.07) is 9.40. The van der Waals surface area contributed by atoms with E-state index in [9.17, 15) is 14.9 Å². The SMILES string of the molecule is N#Cc1c(NC(=O)Cn2ncc3ccccc3c2=O)sc2c1CCCCC2. The molecule has 0 fully saturated rings. The van der Waals surface area contributed by atoms with E-state index in [1.807, 2.05) is 12.1 Å². The van der Waals surface area contributed by atoms with E-state index in [1.165, 1.54) is 22.6 Å². The number of thiophene rings is 1. The molecule has 7 heteroatoms. The molecule has 0 spiro atoms. The van der Waals surface area contributed by atoms with Crippen molar-refractivity contribution in [1.82, 2.24) is 9.78 Å². The van der Waals surface area contributed by atoms with Crippen molar-refractivity contribution in [2.75, 3.05) is 5.32 Å². The van der Waals surface area contributed by atoms with Crippen LogP contribution in [0.3, 0.4) is 0 Å². The second-order valence-electron chi connectivity index (χ2n) is 6.62. The molecular weight excluding hydrogens is 360 g/mol. The summed E-state index contributed by atoms with van der Waals surface area (Å²) in [6.07, 6.45) is 6.78. The predicted octanol–water partition coefficient (Wildman–Crippen LogP) is 3.24. The van der Waals surface area contributed by atoms with Crippen LogP contribution in [0.1, 0.15) is 35.3 Å². The number of carbonyl (C=O) groups excluding carboxylic acids is 1. The zero-order chi connectivity index (χ0) is 18.8. The van der Waals surface area contributed by atoms with Crippen LogP contribution < -0.4 is 10.9 Å². The zero-order valence-corrected chi connectivity index (χ0v) is 15.5. The van der Waals surface area contributed by atoms with Crippen LogP contribution in [0.15, 0.2) is 35.3 Å². The minimum atomic E-state index is -0.354. The number of aromatic nitrogens is 2. The van der Waals surface area contributed by atoms with Crippen molar-refractivity contribution >= 4 is 33.0 Å². The lowest BCUT2D eigenvalue weighted by Crippen LogP contribution is -2.29. The van der Waals surface area contributed by atoms with Gasteiger partial charge in [0, 0.05) is 10.3 Å². The van der Waals surface area contributed by atoms with Crippen LogP contribution in [0.4, 0.5) is 5.00 Å². The number of nitriles is 1. The Morgan fingerprint density at radius 2 is 2.07 bits per heavy atom. The van der Waals surface area contributed by atoms with Crippen molar-refractivity contribution in [3.8, 4) is 6.07 Å². The van der Waals surface area contributed by atoms with Crippen LogP contribution in [0, 0.1) is 11.3 Å². The summed E-state index contributed by atoms with van der Waals surface area (Å²) >= 11 is 1.48. The number of nitrogens with zero attached hydrogens (tertiary/aromatic N) is 3. The molecule has 3 aromatic rings. The lowest BCUT2D eigenvalue weighted by molar-refractivity contribution is -0.116. The molecule has 0 aliphatic heterocycles. The molecule has 1 aliphatic carbocycles. The Morgan fingerprint density at radius 3 is 2.93 bits per heavy atom. The first-order valence-electron chi connectivity index (χ1n) is 8.96. The highest BCUT2D eigenvalue weighted by Gasteiger charge is 2.21. The van der Waals surface area contributed by atoms with Crippen LogP contribution in [0.25, 0.3) is 10.8 Å². The molecule has 1 aromatic carbocycles. The number of hydrogen-bond donors (Lipinski definition) is 1. The summed E-state index contributed by atoms with van der Waals surface area (Å²) in [5, 5.41) is 18.3. The van der Waals surface area contributed by atoms with Gasteiger partial charge in [0.2, 0.25) is 5.91 Å². The monoisotopic (exact) mass is 378 g/mol. The Bertz CT molecular complexity index is 1120. The van der Waals surface area contributed by atoms with Crippen molar-refractivity contribution < 1.29 is 4.79 Å². The molecule has 0 bridgehead atoms. The van der Waals surface area contributed by atoms with E-state index in [4.69, 9.17) is 0 Å². The number of anilines is 1. The molecule has 27 heavy (non-hydrogen) atoms. The molecule has 0 saturated heterocycles. The fourth-order valence-electron chi connectivity index (χ4n) is 3.49. The number of benzene rings is 1. The fraction of sp³-hybridized carbons (Fsp3) is 0.300. The molecule has 0 saturated carbocycles. The molecule has 2 aromatic heterocycles. The maximum Gasteiger partial charge on any atom is 0.275 e. The van der Waals surface area contributed by atoms with Gasteiger partial charge in [0.05, 0.1) is 17.1 Å². The van der Waals surface area contributed by atoms with Gasteiger partial charge >= 0.3 is 0 Å².